The summed E-state index contributed by atoms with van der Waals surface area (Å²) in [6.45, 7) is 0.133. The Bertz CT molecular complexity index is 912. The van der Waals surface area contributed by atoms with E-state index in [-0.39, 0.29) is 18.9 Å². The minimum absolute atomic E-state index is 0.133. The standard InChI is InChI=1S/C15H16N6O4/c1-24-10-5-3-2-4-9(10)14-18-13(25-21-14)7-6-12(22)16-8-11-17-15(23)20-19-11/h2-5H,6-8H2,1H3,(H,16,22)(H2,17,19,20,23). The highest BCUT2D eigenvalue weighted by molar-refractivity contribution is 5.75. The van der Waals surface area contributed by atoms with Gasteiger partial charge in [0.05, 0.1) is 19.2 Å². The molecule has 1 amide bonds. The lowest BCUT2D eigenvalue weighted by Gasteiger charge is -2.03. The molecule has 0 aliphatic heterocycles. The number of nitrogens with zero attached hydrogens (tertiary/aromatic N) is 3. The summed E-state index contributed by atoms with van der Waals surface area (Å²) in [5, 5.41) is 12.5. The highest BCUT2D eigenvalue weighted by Crippen LogP contribution is 2.27. The number of amides is 1. The van der Waals surface area contributed by atoms with Crippen molar-refractivity contribution in [1.29, 1.82) is 0 Å². The molecule has 3 N–H and O–H groups in total. The van der Waals surface area contributed by atoms with Crippen molar-refractivity contribution in [3.05, 3.63) is 46.5 Å². The van der Waals surface area contributed by atoms with Crippen LogP contribution in [0.4, 0.5) is 0 Å². The molecule has 0 bridgehead atoms. The minimum Gasteiger partial charge on any atom is -0.496 e. The molecule has 0 aliphatic rings. The molecule has 10 heteroatoms. The van der Waals surface area contributed by atoms with Gasteiger partial charge in [0.1, 0.15) is 11.6 Å². The summed E-state index contributed by atoms with van der Waals surface area (Å²) < 4.78 is 10.4. The summed E-state index contributed by atoms with van der Waals surface area (Å²) in [5.74, 6) is 1.53. The van der Waals surface area contributed by atoms with E-state index in [0.717, 1.165) is 0 Å². The van der Waals surface area contributed by atoms with Crippen LogP contribution in [0.2, 0.25) is 0 Å². The fraction of sp³-hybridized carbons (Fsp3) is 0.267. The van der Waals surface area contributed by atoms with Gasteiger partial charge in [0.2, 0.25) is 17.6 Å². The highest BCUT2D eigenvalue weighted by Gasteiger charge is 2.14. The number of nitrogens with one attached hydrogen (secondary N) is 3. The number of ether oxygens (including phenoxy) is 1. The number of methoxy groups -OCH3 is 1. The van der Waals surface area contributed by atoms with E-state index in [1.54, 1.807) is 13.2 Å². The number of benzene rings is 1. The number of hydrogen-bond donors (Lipinski definition) is 3. The van der Waals surface area contributed by atoms with Crippen molar-refractivity contribution < 1.29 is 14.1 Å². The van der Waals surface area contributed by atoms with E-state index in [1.165, 1.54) is 0 Å². The third-order valence-electron chi connectivity index (χ3n) is 3.39. The average molecular weight is 344 g/mol. The molecule has 3 aromatic rings. The third-order valence-corrected chi connectivity index (χ3v) is 3.39. The average Bonchev–Trinajstić information content (AvgIpc) is 3.27. The van der Waals surface area contributed by atoms with Gasteiger partial charge in [-0.2, -0.15) is 10.1 Å². The molecule has 130 valence electrons. The molecule has 25 heavy (non-hydrogen) atoms. The number of aryl methyl sites for hydroxylation is 1. The van der Waals surface area contributed by atoms with Crippen LogP contribution in [0.1, 0.15) is 18.1 Å². The third kappa shape index (κ3) is 4.10. The number of rotatable bonds is 7. The van der Waals surface area contributed by atoms with Crippen LogP contribution < -0.4 is 15.7 Å². The van der Waals surface area contributed by atoms with E-state index in [4.69, 9.17) is 9.26 Å². The summed E-state index contributed by atoms with van der Waals surface area (Å²) in [5.41, 5.74) is 0.297. The molecule has 0 unspecified atom stereocenters. The zero-order valence-corrected chi connectivity index (χ0v) is 13.4. The summed E-state index contributed by atoms with van der Waals surface area (Å²) in [4.78, 5) is 29.4. The number of H-pyrrole nitrogens is 2. The normalized spacial score (nSPS) is 10.6. The van der Waals surface area contributed by atoms with Crippen molar-refractivity contribution in [2.24, 2.45) is 0 Å². The molecule has 2 aromatic heterocycles. The van der Waals surface area contributed by atoms with E-state index in [1.807, 2.05) is 18.2 Å². The van der Waals surface area contributed by atoms with Gasteiger partial charge in [-0.05, 0) is 12.1 Å². The lowest BCUT2D eigenvalue weighted by Crippen LogP contribution is -2.23. The predicted octanol–water partition coefficient (Wildman–Crippen LogP) is 0.406. The van der Waals surface area contributed by atoms with Crippen LogP contribution >= 0.6 is 0 Å². The minimum atomic E-state index is -0.418. The zero-order valence-electron chi connectivity index (χ0n) is 13.4. The first kappa shape index (κ1) is 16.4. The first-order valence-corrected chi connectivity index (χ1v) is 7.52. The number of hydrogen-bond acceptors (Lipinski definition) is 7. The monoisotopic (exact) mass is 344 g/mol. The van der Waals surface area contributed by atoms with E-state index in [0.29, 0.717) is 35.3 Å². The van der Waals surface area contributed by atoms with Crippen LogP contribution in [-0.2, 0) is 17.8 Å². The van der Waals surface area contributed by atoms with Gasteiger partial charge in [0.15, 0.2) is 0 Å². The van der Waals surface area contributed by atoms with Gasteiger partial charge in [-0.15, -0.1) is 0 Å². The molecular formula is C15H16N6O4. The fourth-order valence-corrected chi connectivity index (χ4v) is 2.18. The molecule has 0 saturated carbocycles. The van der Waals surface area contributed by atoms with Crippen molar-refractivity contribution >= 4 is 5.91 Å². The fourth-order valence-electron chi connectivity index (χ4n) is 2.18. The molecule has 1 aromatic carbocycles. The number of aromatic amines is 2. The molecule has 2 heterocycles. The SMILES string of the molecule is COc1ccccc1-c1noc(CCC(=O)NCc2n[nH]c(=O)[nH]2)n1. The van der Waals surface area contributed by atoms with Crippen LogP contribution in [0, 0.1) is 0 Å². The maximum atomic E-state index is 11.8. The second-order valence-corrected chi connectivity index (χ2v) is 5.11. The van der Waals surface area contributed by atoms with E-state index < -0.39 is 5.69 Å². The summed E-state index contributed by atoms with van der Waals surface area (Å²) in [6.07, 6.45) is 0.466. The summed E-state index contributed by atoms with van der Waals surface area (Å²) in [6, 6.07) is 7.32. The van der Waals surface area contributed by atoms with Crippen molar-refractivity contribution in [3.63, 3.8) is 0 Å². The zero-order chi connectivity index (χ0) is 17.6. The van der Waals surface area contributed by atoms with Crippen LogP contribution in [0.5, 0.6) is 5.75 Å². The Hall–Kier alpha value is -3.43. The smallest absolute Gasteiger partial charge is 0.340 e. The highest BCUT2D eigenvalue weighted by atomic mass is 16.5. The predicted molar refractivity (Wildman–Crippen MR) is 85.7 cm³/mol. The molecule has 0 radical (unpaired) electrons. The Morgan fingerprint density at radius 1 is 1.36 bits per heavy atom. The maximum absolute atomic E-state index is 11.8. The van der Waals surface area contributed by atoms with Crippen molar-refractivity contribution in [2.45, 2.75) is 19.4 Å². The molecule has 0 atom stereocenters. The molecular weight excluding hydrogens is 328 g/mol. The van der Waals surface area contributed by atoms with E-state index in [9.17, 15) is 9.59 Å². The van der Waals surface area contributed by atoms with Crippen molar-refractivity contribution in [2.75, 3.05) is 7.11 Å². The lowest BCUT2D eigenvalue weighted by molar-refractivity contribution is -0.121. The molecule has 0 saturated heterocycles. The Kier molecular flexibility index (Phi) is 4.88. The molecule has 3 rings (SSSR count). The molecule has 10 nitrogen and oxygen atoms in total. The Balaban J connectivity index is 1.54. The van der Waals surface area contributed by atoms with E-state index in [2.05, 4.69) is 30.6 Å². The molecule has 0 spiro atoms. The van der Waals surface area contributed by atoms with Crippen LogP contribution in [-0.4, -0.2) is 38.3 Å². The van der Waals surface area contributed by atoms with Gasteiger partial charge in [-0.1, -0.05) is 17.3 Å². The van der Waals surface area contributed by atoms with Crippen LogP contribution in [0.25, 0.3) is 11.4 Å². The van der Waals surface area contributed by atoms with Gasteiger partial charge in [-0.3, -0.25) is 9.78 Å². The largest absolute Gasteiger partial charge is 0.496 e. The Labute approximate surface area is 141 Å². The van der Waals surface area contributed by atoms with E-state index >= 15 is 0 Å². The first-order chi connectivity index (χ1) is 12.2. The number of para-hydroxylation sites is 1. The Morgan fingerprint density at radius 2 is 2.20 bits per heavy atom. The maximum Gasteiger partial charge on any atom is 0.340 e. The van der Waals surface area contributed by atoms with Crippen LogP contribution in [0.15, 0.2) is 33.6 Å². The first-order valence-electron chi connectivity index (χ1n) is 7.52. The van der Waals surface area contributed by atoms with Gasteiger partial charge < -0.3 is 14.6 Å². The lowest BCUT2D eigenvalue weighted by atomic mass is 10.2. The Morgan fingerprint density at radius 3 is 2.96 bits per heavy atom. The number of carbonyl (C=O) groups is 1. The number of carbonyl (C=O) groups excluding carboxylic acids is 1. The van der Waals surface area contributed by atoms with Crippen molar-refractivity contribution in [3.8, 4) is 17.1 Å². The second kappa shape index (κ2) is 7.43. The van der Waals surface area contributed by atoms with Crippen LogP contribution in [0.3, 0.4) is 0 Å². The molecule has 0 aliphatic carbocycles. The van der Waals surface area contributed by atoms with Gasteiger partial charge >= 0.3 is 5.69 Å². The van der Waals surface area contributed by atoms with Gasteiger partial charge in [-0.25, -0.2) is 9.89 Å². The van der Waals surface area contributed by atoms with Gasteiger partial charge in [0, 0.05) is 12.8 Å². The van der Waals surface area contributed by atoms with Gasteiger partial charge in [0.25, 0.3) is 0 Å². The summed E-state index contributed by atoms with van der Waals surface area (Å²) in [7, 11) is 1.57. The topological polar surface area (TPSA) is 139 Å². The van der Waals surface area contributed by atoms with Crippen molar-refractivity contribution in [1.82, 2.24) is 30.6 Å². The quantitative estimate of drug-likeness (QED) is 0.564. The number of aromatic nitrogens is 5. The molecule has 0 fully saturated rings. The summed E-state index contributed by atoms with van der Waals surface area (Å²) >= 11 is 0. The second-order valence-electron chi connectivity index (χ2n) is 5.11.